The summed E-state index contributed by atoms with van der Waals surface area (Å²) >= 11 is 7.25. The van der Waals surface area contributed by atoms with E-state index in [9.17, 15) is 4.79 Å². The normalized spacial score (nSPS) is 11.4. The molecule has 0 aliphatic carbocycles. The van der Waals surface area contributed by atoms with Gasteiger partial charge < -0.3 is 14.6 Å². The van der Waals surface area contributed by atoms with Crippen LogP contribution in [0.2, 0.25) is 5.02 Å². The maximum absolute atomic E-state index is 12.2. The summed E-state index contributed by atoms with van der Waals surface area (Å²) < 4.78 is 7.89. The van der Waals surface area contributed by atoms with E-state index in [4.69, 9.17) is 16.3 Å². The summed E-state index contributed by atoms with van der Waals surface area (Å²) in [6, 6.07) is 15.5. The Hall–Kier alpha value is -2.51. The number of nitrogens with one attached hydrogen (secondary N) is 1. The lowest BCUT2D eigenvalue weighted by Crippen LogP contribution is -2.24. The van der Waals surface area contributed by atoms with Crippen molar-refractivity contribution >= 4 is 29.3 Å². The number of benzene rings is 2. The number of carbonyl (C=O) groups is 1. The third-order valence-corrected chi connectivity index (χ3v) is 6.15. The van der Waals surface area contributed by atoms with E-state index in [1.165, 1.54) is 17.3 Å². The van der Waals surface area contributed by atoms with Crippen molar-refractivity contribution in [1.82, 2.24) is 20.1 Å². The second kappa shape index (κ2) is 10.9. The first-order valence-electron chi connectivity index (χ1n) is 10.6. The van der Waals surface area contributed by atoms with Crippen LogP contribution in [0.4, 0.5) is 0 Å². The molecule has 8 heteroatoms. The molecule has 6 nitrogen and oxygen atoms in total. The zero-order chi connectivity index (χ0) is 23.1. The molecule has 2 aromatic carbocycles. The maximum Gasteiger partial charge on any atom is 0.230 e. The Kier molecular flexibility index (Phi) is 8.21. The van der Waals surface area contributed by atoms with Gasteiger partial charge in [0.15, 0.2) is 11.0 Å². The Morgan fingerprint density at radius 3 is 2.41 bits per heavy atom. The van der Waals surface area contributed by atoms with Gasteiger partial charge in [0.05, 0.1) is 5.75 Å². The lowest BCUT2D eigenvalue weighted by atomic mass is 9.87. The number of hydrogen-bond donors (Lipinski definition) is 1. The van der Waals surface area contributed by atoms with Crippen LogP contribution in [0.15, 0.2) is 53.7 Å². The van der Waals surface area contributed by atoms with E-state index in [0.29, 0.717) is 29.9 Å². The highest BCUT2D eigenvalue weighted by Crippen LogP contribution is 2.25. The van der Waals surface area contributed by atoms with Gasteiger partial charge in [-0.2, -0.15) is 0 Å². The van der Waals surface area contributed by atoms with Crippen LogP contribution in [0.3, 0.4) is 0 Å². The van der Waals surface area contributed by atoms with Gasteiger partial charge in [-0.15, -0.1) is 10.2 Å². The molecule has 1 aromatic heterocycles. The van der Waals surface area contributed by atoms with Crippen LogP contribution >= 0.6 is 23.4 Å². The average Bonchev–Trinajstić information content (AvgIpc) is 3.17. The fraction of sp³-hybridized carbons (Fsp3) is 0.375. The molecular weight excluding hydrogens is 444 g/mol. The van der Waals surface area contributed by atoms with E-state index < -0.39 is 0 Å². The van der Waals surface area contributed by atoms with Crippen molar-refractivity contribution in [3.8, 4) is 5.75 Å². The van der Waals surface area contributed by atoms with Crippen LogP contribution < -0.4 is 10.1 Å². The van der Waals surface area contributed by atoms with Crippen LogP contribution in [0.25, 0.3) is 0 Å². The summed E-state index contributed by atoms with van der Waals surface area (Å²) in [7, 11) is 0. The number of ether oxygens (including phenoxy) is 1. The van der Waals surface area contributed by atoms with Gasteiger partial charge in [-0.1, -0.05) is 68.4 Å². The van der Waals surface area contributed by atoms with E-state index in [-0.39, 0.29) is 17.1 Å². The SMILES string of the molecule is CCn1c(COc2ccc(C(C)(C)C)cc2)nnc1SCC(=O)NCc1ccc(Cl)cc1. The second-order valence-electron chi connectivity index (χ2n) is 8.40. The van der Waals surface area contributed by atoms with Gasteiger partial charge in [-0.3, -0.25) is 4.79 Å². The Balaban J connectivity index is 1.51. The van der Waals surface area contributed by atoms with Gasteiger partial charge in [0, 0.05) is 18.1 Å². The fourth-order valence-electron chi connectivity index (χ4n) is 3.03. The number of hydrogen-bond acceptors (Lipinski definition) is 5. The first-order valence-corrected chi connectivity index (χ1v) is 11.9. The zero-order valence-corrected chi connectivity index (χ0v) is 20.5. The monoisotopic (exact) mass is 472 g/mol. The van der Waals surface area contributed by atoms with Crippen LogP contribution in [0.1, 0.15) is 44.6 Å². The number of halogens is 1. The largest absolute Gasteiger partial charge is 0.486 e. The summed E-state index contributed by atoms with van der Waals surface area (Å²) in [5, 5.41) is 12.8. The van der Waals surface area contributed by atoms with Crippen molar-refractivity contribution in [3.63, 3.8) is 0 Å². The third kappa shape index (κ3) is 6.74. The zero-order valence-electron chi connectivity index (χ0n) is 18.9. The molecule has 0 fully saturated rings. The molecule has 0 bridgehead atoms. The molecule has 0 radical (unpaired) electrons. The number of rotatable bonds is 9. The lowest BCUT2D eigenvalue weighted by Gasteiger charge is -2.19. The predicted octanol–water partition coefficient (Wildman–Crippen LogP) is 5.24. The highest BCUT2D eigenvalue weighted by molar-refractivity contribution is 7.99. The first-order chi connectivity index (χ1) is 15.3. The summed E-state index contributed by atoms with van der Waals surface area (Å²) in [4.78, 5) is 12.2. The molecule has 0 unspecified atom stereocenters. The van der Waals surface area contributed by atoms with Gasteiger partial charge in [-0.25, -0.2) is 0 Å². The third-order valence-electron chi connectivity index (χ3n) is 4.93. The topological polar surface area (TPSA) is 69.0 Å². The molecule has 0 aliphatic rings. The standard InChI is InChI=1S/C24H29ClN4O2S/c1-5-29-21(15-31-20-12-8-18(9-13-20)24(2,3)4)27-28-23(29)32-16-22(30)26-14-17-6-10-19(25)11-7-17/h6-13H,5,14-16H2,1-4H3,(H,26,30). The molecule has 0 atom stereocenters. The number of aromatic nitrogens is 3. The number of amides is 1. The van der Waals surface area contributed by atoms with Crippen molar-refractivity contribution < 1.29 is 9.53 Å². The summed E-state index contributed by atoms with van der Waals surface area (Å²) in [5.74, 6) is 1.73. The van der Waals surface area contributed by atoms with E-state index in [0.717, 1.165) is 17.1 Å². The fourth-order valence-corrected chi connectivity index (χ4v) is 4.01. The van der Waals surface area contributed by atoms with Gasteiger partial charge in [0.2, 0.25) is 5.91 Å². The van der Waals surface area contributed by atoms with Crippen molar-refractivity contribution in [1.29, 1.82) is 0 Å². The van der Waals surface area contributed by atoms with E-state index in [2.05, 4.69) is 48.4 Å². The Bertz CT molecular complexity index is 1030. The van der Waals surface area contributed by atoms with Gasteiger partial charge in [0.1, 0.15) is 12.4 Å². The van der Waals surface area contributed by atoms with Crippen LogP contribution in [-0.4, -0.2) is 26.4 Å². The Morgan fingerprint density at radius 1 is 1.09 bits per heavy atom. The quantitative estimate of drug-likeness (QED) is 0.431. The predicted molar refractivity (Wildman–Crippen MR) is 129 cm³/mol. The van der Waals surface area contributed by atoms with Crippen molar-refractivity contribution in [3.05, 3.63) is 70.5 Å². The van der Waals surface area contributed by atoms with E-state index in [1.807, 2.05) is 47.9 Å². The Labute approximate surface area is 198 Å². The highest BCUT2D eigenvalue weighted by Gasteiger charge is 2.15. The molecule has 32 heavy (non-hydrogen) atoms. The number of thioether (sulfide) groups is 1. The lowest BCUT2D eigenvalue weighted by molar-refractivity contribution is -0.118. The smallest absolute Gasteiger partial charge is 0.230 e. The second-order valence-corrected chi connectivity index (χ2v) is 9.78. The average molecular weight is 473 g/mol. The molecule has 0 saturated carbocycles. The summed E-state index contributed by atoms with van der Waals surface area (Å²) in [6.45, 7) is 10.1. The molecule has 1 amide bonds. The van der Waals surface area contributed by atoms with Crippen molar-refractivity contribution in [2.45, 2.75) is 58.0 Å². The highest BCUT2D eigenvalue weighted by atomic mass is 35.5. The summed E-state index contributed by atoms with van der Waals surface area (Å²) in [6.07, 6.45) is 0. The molecule has 0 saturated heterocycles. The molecule has 3 rings (SSSR count). The van der Waals surface area contributed by atoms with Crippen molar-refractivity contribution in [2.24, 2.45) is 0 Å². The number of nitrogens with zero attached hydrogens (tertiary/aromatic N) is 3. The van der Waals surface area contributed by atoms with Gasteiger partial charge >= 0.3 is 0 Å². The Morgan fingerprint density at radius 2 is 1.78 bits per heavy atom. The summed E-state index contributed by atoms with van der Waals surface area (Å²) in [5.41, 5.74) is 2.36. The van der Waals surface area contributed by atoms with E-state index in [1.54, 1.807) is 0 Å². The maximum atomic E-state index is 12.2. The molecule has 0 aliphatic heterocycles. The molecule has 0 spiro atoms. The van der Waals surface area contributed by atoms with E-state index >= 15 is 0 Å². The minimum atomic E-state index is -0.0626. The minimum Gasteiger partial charge on any atom is -0.486 e. The molecule has 170 valence electrons. The van der Waals surface area contributed by atoms with Crippen LogP contribution in [0.5, 0.6) is 5.75 Å². The molecule has 3 aromatic rings. The van der Waals surface area contributed by atoms with Gasteiger partial charge in [-0.05, 0) is 47.7 Å². The molecular formula is C24H29ClN4O2S. The van der Waals surface area contributed by atoms with Crippen LogP contribution in [-0.2, 0) is 29.9 Å². The molecule has 1 heterocycles. The number of carbonyl (C=O) groups excluding carboxylic acids is 1. The van der Waals surface area contributed by atoms with Crippen LogP contribution in [0, 0.1) is 0 Å². The first kappa shape index (κ1) is 24.1. The minimum absolute atomic E-state index is 0.0626. The molecule has 1 N–H and O–H groups in total. The van der Waals surface area contributed by atoms with Gasteiger partial charge in [0.25, 0.3) is 0 Å². The van der Waals surface area contributed by atoms with Crippen molar-refractivity contribution in [2.75, 3.05) is 5.75 Å².